The molecule has 0 bridgehead atoms. The molecule has 2 rings (SSSR count). The number of halogens is 1. The van der Waals surface area contributed by atoms with E-state index >= 15 is 0 Å². The molecule has 18 heavy (non-hydrogen) atoms. The van der Waals surface area contributed by atoms with Crippen LogP contribution in [0, 0.1) is 0 Å². The van der Waals surface area contributed by atoms with E-state index in [0.717, 1.165) is 6.42 Å². The van der Waals surface area contributed by atoms with Gasteiger partial charge in [-0.1, -0.05) is 11.6 Å². The lowest BCUT2D eigenvalue weighted by molar-refractivity contribution is -0.124. The Kier molecular flexibility index (Phi) is 3.84. The maximum absolute atomic E-state index is 11.8. The second kappa shape index (κ2) is 5.37. The van der Waals surface area contributed by atoms with Crippen molar-refractivity contribution < 1.29 is 19.4 Å². The smallest absolute Gasteiger partial charge is 0.335 e. The molecule has 1 aromatic rings. The predicted octanol–water partition coefficient (Wildman–Crippen LogP) is 2.16. The highest BCUT2D eigenvalue weighted by atomic mass is 35.5. The summed E-state index contributed by atoms with van der Waals surface area (Å²) in [5.74, 6) is -1.36. The first-order valence-electron chi connectivity index (χ1n) is 5.53. The monoisotopic (exact) mass is 269 g/mol. The van der Waals surface area contributed by atoms with Crippen molar-refractivity contribution in [3.63, 3.8) is 0 Å². The van der Waals surface area contributed by atoms with Gasteiger partial charge in [-0.25, -0.2) is 4.79 Å². The second-order valence-corrected chi connectivity index (χ2v) is 4.40. The number of hydrogen-bond donors (Lipinski definition) is 2. The molecule has 0 spiro atoms. The molecule has 96 valence electrons. The van der Waals surface area contributed by atoms with Gasteiger partial charge in [0.25, 0.3) is 5.91 Å². The van der Waals surface area contributed by atoms with Gasteiger partial charge in [-0.05, 0) is 31.0 Å². The van der Waals surface area contributed by atoms with Crippen LogP contribution >= 0.6 is 11.6 Å². The van der Waals surface area contributed by atoms with E-state index in [-0.39, 0.29) is 17.2 Å². The number of carboxylic acids is 1. The molecule has 6 heteroatoms. The van der Waals surface area contributed by atoms with Crippen molar-refractivity contribution in [1.82, 2.24) is 0 Å². The Morgan fingerprint density at radius 3 is 2.83 bits per heavy atom. The average Bonchev–Trinajstić information content (AvgIpc) is 2.85. The Hall–Kier alpha value is -1.59. The van der Waals surface area contributed by atoms with Crippen LogP contribution in [0.15, 0.2) is 18.2 Å². The molecule has 1 aliphatic rings. The standard InChI is InChI=1S/C12H12ClNO4/c13-8-4-3-7(12(16)17)6-9(8)14-11(15)10-2-1-5-18-10/h3-4,6,10H,1-2,5H2,(H,14,15)(H,16,17)/t10-/m1/s1. The molecule has 1 heterocycles. The molecule has 1 saturated heterocycles. The van der Waals surface area contributed by atoms with Crippen molar-refractivity contribution >= 4 is 29.2 Å². The Morgan fingerprint density at radius 1 is 1.44 bits per heavy atom. The molecule has 0 radical (unpaired) electrons. The fourth-order valence-corrected chi connectivity index (χ4v) is 1.92. The van der Waals surface area contributed by atoms with Crippen molar-refractivity contribution in [2.45, 2.75) is 18.9 Å². The van der Waals surface area contributed by atoms with Crippen LogP contribution in [0.25, 0.3) is 0 Å². The highest BCUT2D eigenvalue weighted by Crippen LogP contribution is 2.24. The zero-order chi connectivity index (χ0) is 13.1. The summed E-state index contributed by atoms with van der Waals surface area (Å²) in [6.07, 6.45) is 1.04. The molecule has 5 nitrogen and oxygen atoms in total. The summed E-state index contributed by atoms with van der Waals surface area (Å²) in [7, 11) is 0. The molecular weight excluding hydrogens is 258 g/mol. The lowest BCUT2D eigenvalue weighted by Gasteiger charge is -2.12. The quantitative estimate of drug-likeness (QED) is 0.882. The minimum absolute atomic E-state index is 0.0713. The third-order valence-corrected chi connectivity index (χ3v) is 3.02. The molecule has 1 aromatic carbocycles. The maximum atomic E-state index is 11.8. The van der Waals surface area contributed by atoms with Crippen LogP contribution in [0.1, 0.15) is 23.2 Å². The van der Waals surface area contributed by atoms with Crippen LogP contribution in [-0.4, -0.2) is 29.7 Å². The Bertz CT molecular complexity index is 483. The van der Waals surface area contributed by atoms with E-state index in [1.165, 1.54) is 18.2 Å². The van der Waals surface area contributed by atoms with E-state index in [2.05, 4.69) is 5.32 Å². The van der Waals surface area contributed by atoms with E-state index in [1.54, 1.807) is 0 Å². The van der Waals surface area contributed by atoms with Crippen LogP contribution in [0.3, 0.4) is 0 Å². The summed E-state index contributed by atoms with van der Waals surface area (Å²) in [5, 5.41) is 11.8. The number of amides is 1. The number of nitrogens with one attached hydrogen (secondary N) is 1. The average molecular weight is 270 g/mol. The minimum Gasteiger partial charge on any atom is -0.478 e. The number of aromatic carboxylic acids is 1. The zero-order valence-electron chi connectivity index (χ0n) is 9.48. The molecule has 0 aliphatic carbocycles. The van der Waals surface area contributed by atoms with E-state index < -0.39 is 12.1 Å². The van der Waals surface area contributed by atoms with E-state index in [1.807, 2.05) is 0 Å². The first-order chi connectivity index (χ1) is 8.58. The van der Waals surface area contributed by atoms with Crippen LogP contribution in [0.2, 0.25) is 5.02 Å². The number of carbonyl (C=O) groups excluding carboxylic acids is 1. The summed E-state index contributed by atoms with van der Waals surface area (Å²) in [5.41, 5.74) is 0.360. The van der Waals surface area contributed by atoms with Gasteiger partial charge in [0, 0.05) is 6.61 Å². The van der Waals surface area contributed by atoms with Gasteiger partial charge >= 0.3 is 5.97 Å². The summed E-state index contributed by atoms with van der Waals surface area (Å²) >= 11 is 5.90. The van der Waals surface area contributed by atoms with Gasteiger partial charge in [-0.15, -0.1) is 0 Å². The van der Waals surface area contributed by atoms with Crippen LogP contribution < -0.4 is 5.32 Å². The SMILES string of the molecule is O=C(O)c1ccc(Cl)c(NC(=O)[C@H]2CCCO2)c1. The number of benzene rings is 1. The van der Waals surface area contributed by atoms with E-state index in [9.17, 15) is 9.59 Å². The topological polar surface area (TPSA) is 75.6 Å². The summed E-state index contributed by atoms with van der Waals surface area (Å²) in [4.78, 5) is 22.6. The van der Waals surface area contributed by atoms with Gasteiger partial charge in [0.05, 0.1) is 16.3 Å². The highest BCUT2D eigenvalue weighted by molar-refractivity contribution is 6.33. The van der Waals surface area contributed by atoms with Crippen molar-refractivity contribution in [3.8, 4) is 0 Å². The largest absolute Gasteiger partial charge is 0.478 e. The normalized spacial score (nSPS) is 18.6. The third-order valence-electron chi connectivity index (χ3n) is 2.69. The molecule has 1 amide bonds. The molecule has 1 atom stereocenters. The Morgan fingerprint density at radius 2 is 2.22 bits per heavy atom. The van der Waals surface area contributed by atoms with Crippen LogP contribution in [0.4, 0.5) is 5.69 Å². The molecule has 0 saturated carbocycles. The molecule has 2 N–H and O–H groups in total. The predicted molar refractivity (Wildman–Crippen MR) is 66.0 cm³/mol. The van der Waals surface area contributed by atoms with Gasteiger partial charge in [-0.3, -0.25) is 4.79 Å². The first-order valence-corrected chi connectivity index (χ1v) is 5.91. The molecule has 1 fully saturated rings. The van der Waals surface area contributed by atoms with Crippen molar-refractivity contribution in [1.29, 1.82) is 0 Å². The first kappa shape index (κ1) is 12.9. The van der Waals surface area contributed by atoms with E-state index in [0.29, 0.717) is 18.1 Å². The van der Waals surface area contributed by atoms with Crippen molar-refractivity contribution in [2.24, 2.45) is 0 Å². The summed E-state index contributed by atoms with van der Waals surface area (Å²) in [6.45, 7) is 0.570. The fourth-order valence-electron chi connectivity index (χ4n) is 1.75. The third kappa shape index (κ3) is 2.80. The van der Waals surface area contributed by atoms with Gasteiger partial charge < -0.3 is 15.2 Å². The zero-order valence-corrected chi connectivity index (χ0v) is 10.2. The number of rotatable bonds is 3. The lowest BCUT2D eigenvalue weighted by Crippen LogP contribution is -2.27. The molecule has 0 aromatic heterocycles. The van der Waals surface area contributed by atoms with Gasteiger partial charge in [-0.2, -0.15) is 0 Å². The lowest BCUT2D eigenvalue weighted by atomic mass is 10.2. The van der Waals surface area contributed by atoms with Crippen molar-refractivity contribution in [2.75, 3.05) is 11.9 Å². The van der Waals surface area contributed by atoms with Crippen molar-refractivity contribution in [3.05, 3.63) is 28.8 Å². The van der Waals surface area contributed by atoms with E-state index in [4.69, 9.17) is 21.4 Å². The second-order valence-electron chi connectivity index (χ2n) is 3.99. The number of carboxylic acid groups (broad SMARTS) is 1. The number of anilines is 1. The number of hydrogen-bond acceptors (Lipinski definition) is 3. The summed E-state index contributed by atoms with van der Waals surface area (Å²) in [6, 6.07) is 4.15. The maximum Gasteiger partial charge on any atom is 0.335 e. The fraction of sp³-hybridized carbons (Fsp3) is 0.333. The van der Waals surface area contributed by atoms with Gasteiger partial charge in [0.1, 0.15) is 6.10 Å². The van der Waals surface area contributed by atoms with Gasteiger partial charge in [0.2, 0.25) is 0 Å². The Labute approximate surface area is 109 Å². The Balaban J connectivity index is 2.14. The van der Waals surface area contributed by atoms with Crippen LogP contribution in [-0.2, 0) is 9.53 Å². The van der Waals surface area contributed by atoms with Crippen LogP contribution in [0.5, 0.6) is 0 Å². The minimum atomic E-state index is -1.07. The molecular formula is C12H12ClNO4. The number of ether oxygens (including phenoxy) is 1. The highest BCUT2D eigenvalue weighted by Gasteiger charge is 2.24. The van der Waals surface area contributed by atoms with Gasteiger partial charge in [0.15, 0.2) is 0 Å². The number of carbonyl (C=O) groups is 2. The molecule has 0 unspecified atom stereocenters. The molecule has 1 aliphatic heterocycles. The summed E-state index contributed by atoms with van der Waals surface area (Å²) < 4.78 is 5.23.